The van der Waals surface area contributed by atoms with E-state index in [9.17, 15) is 5.26 Å². The van der Waals surface area contributed by atoms with Gasteiger partial charge in [-0.05, 0) is 88.0 Å². The van der Waals surface area contributed by atoms with Crippen molar-refractivity contribution in [3.8, 4) is 39.6 Å². The van der Waals surface area contributed by atoms with Crippen molar-refractivity contribution in [2.75, 3.05) is 0 Å². The molecule has 3 nitrogen and oxygen atoms in total. The van der Waals surface area contributed by atoms with Crippen molar-refractivity contribution in [2.45, 2.75) is 29.1 Å². The highest BCUT2D eigenvalue weighted by atomic mass is 32.2. The molecule has 0 fully saturated rings. The van der Waals surface area contributed by atoms with E-state index < -0.39 is 0 Å². The van der Waals surface area contributed by atoms with Gasteiger partial charge in [0.25, 0.3) is 0 Å². The molecule has 7 aromatic rings. The molecule has 0 bridgehead atoms. The number of hydrogen-bond donors (Lipinski definition) is 0. The Morgan fingerprint density at radius 3 is 2.16 bits per heavy atom. The molecule has 0 atom stereocenters. The van der Waals surface area contributed by atoms with Crippen molar-refractivity contribution in [3.05, 3.63) is 144 Å². The lowest BCUT2D eigenvalue weighted by atomic mass is 9.77. The number of aromatic nitrogens is 2. The minimum atomic E-state index is -0.0771. The van der Waals surface area contributed by atoms with E-state index in [4.69, 9.17) is 4.98 Å². The van der Waals surface area contributed by atoms with Gasteiger partial charge in [0, 0.05) is 37.7 Å². The van der Waals surface area contributed by atoms with Crippen molar-refractivity contribution in [1.29, 1.82) is 5.26 Å². The molecule has 0 amide bonds. The van der Waals surface area contributed by atoms with Gasteiger partial charge >= 0.3 is 0 Å². The zero-order valence-electron chi connectivity index (χ0n) is 24.4. The van der Waals surface area contributed by atoms with Crippen molar-refractivity contribution < 1.29 is 0 Å². The fourth-order valence-corrected chi connectivity index (χ4v) is 7.84. The van der Waals surface area contributed by atoms with E-state index in [1.165, 1.54) is 20.9 Å². The van der Waals surface area contributed by atoms with E-state index in [0.717, 1.165) is 55.3 Å². The van der Waals surface area contributed by atoms with Crippen molar-refractivity contribution in [3.63, 3.8) is 0 Å². The smallest absolute Gasteiger partial charge is 0.0991 e. The molecule has 4 heteroatoms. The monoisotopic (exact) mass is 581 g/mol. The summed E-state index contributed by atoms with van der Waals surface area (Å²) in [6.07, 6.45) is 1.82. The normalized spacial score (nSPS) is 13.3. The van der Waals surface area contributed by atoms with E-state index in [0.29, 0.717) is 5.56 Å². The number of pyridine rings is 2. The molecule has 0 radical (unpaired) electrons. The molecule has 0 aliphatic carbocycles. The van der Waals surface area contributed by atoms with Crippen molar-refractivity contribution >= 4 is 33.6 Å². The maximum absolute atomic E-state index is 9.62. The molecule has 2 aromatic heterocycles. The predicted octanol–water partition coefficient (Wildman–Crippen LogP) is 10.4. The molecule has 5 aromatic carbocycles. The minimum absolute atomic E-state index is 0.0771. The first-order chi connectivity index (χ1) is 21.5. The molecule has 44 heavy (non-hydrogen) atoms. The highest BCUT2D eigenvalue weighted by Crippen LogP contribution is 2.50. The number of rotatable bonds is 3. The summed E-state index contributed by atoms with van der Waals surface area (Å²) in [6, 6.07) is 44.8. The highest BCUT2D eigenvalue weighted by molar-refractivity contribution is 7.99. The third-order valence-electron chi connectivity index (χ3n) is 8.75. The van der Waals surface area contributed by atoms with Crippen LogP contribution in [0.25, 0.3) is 55.3 Å². The molecule has 208 valence electrons. The van der Waals surface area contributed by atoms with Crippen LogP contribution in [0.15, 0.2) is 137 Å². The van der Waals surface area contributed by atoms with E-state index in [1.54, 1.807) is 0 Å². The number of fused-ring (bicyclic) bond motifs is 5. The quantitative estimate of drug-likeness (QED) is 0.195. The van der Waals surface area contributed by atoms with Crippen LogP contribution in [-0.4, -0.2) is 9.97 Å². The summed E-state index contributed by atoms with van der Waals surface area (Å²) in [4.78, 5) is 12.4. The first-order valence-corrected chi connectivity index (χ1v) is 15.5. The molecule has 0 saturated carbocycles. The molecule has 1 aliphatic rings. The van der Waals surface area contributed by atoms with Gasteiger partial charge in [0.15, 0.2) is 0 Å². The molecule has 3 heterocycles. The fourth-order valence-electron chi connectivity index (χ4n) is 6.40. The van der Waals surface area contributed by atoms with E-state index in [1.807, 2.05) is 42.2 Å². The van der Waals surface area contributed by atoms with Crippen LogP contribution >= 0.6 is 11.8 Å². The third-order valence-corrected chi connectivity index (χ3v) is 9.89. The largest absolute Gasteiger partial charge is 0.254 e. The lowest BCUT2D eigenvalue weighted by Gasteiger charge is -2.34. The van der Waals surface area contributed by atoms with E-state index >= 15 is 0 Å². The Hall–Kier alpha value is -5.24. The average Bonchev–Trinajstić information content (AvgIpc) is 3.07. The number of hydrogen-bond acceptors (Lipinski definition) is 4. The van der Waals surface area contributed by atoms with Gasteiger partial charge in [-0.3, -0.25) is 4.98 Å². The number of nitriles is 1. The molecule has 0 N–H and O–H groups in total. The second-order valence-electron chi connectivity index (χ2n) is 11.8. The number of nitrogens with zero attached hydrogens (tertiary/aromatic N) is 3. The predicted molar refractivity (Wildman–Crippen MR) is 181 cm³/mol. The van der Waals surface area contributed by atoms with Gasteiger partial charge in [-0.2, -0.15) is 5.26 Å². The lowest BCUT2D eigenvalue weighted by Crippen LogP contribution is -2.23. The van der Waals surface area contributed by atoms with Crippen LogP contribution in [0.5, 0.6) is 0 Å². The van der Waals surface area contributed by atoms with Crippen LogP contribution in [-0.2, 0) is 5.41 Å². The first kappa shape index (κ1) is 26.4. The molecule has 0 unspecified atom stereocenters. The number of benzene rings is 5. The Morgan fingerprint density at radius 1 is 0.591 bits per heavy atom. The molecular formula is C40H27N3S. The maximum atomic E-state index is 9.62. The SMILES string of the molecule is CC1(C)c2ccccc2Sc2cc(-c3cc(-c4cccc(C#N)c4)cc(-c4ccc5ccc6cccnc6c5n4)c3)ccc21. The van der Waals surface area contributed by atoms with Gasteiger partial charge in [0.2, 0.25) is 0 Å². The zero-order valence-corrected chi connectivity index (χ0v) is 25.2. The maximum Gasteiger partial charge on any atom is 0.0991 e. The van der Waals surface area contributed by atoms with E-state index in [-0.39, 0.29) is 5.41 Å². The summed E-state index contributed by atoms with van der Waals surface area (Å²) in [6.45, 7) is 4.63. The zero-order chi connectivity index (χ0) is 29.8. The Labute approximate surface area is 260 Å². The van der Waals surface area contributed by atoms with Crippen molar-refractivity contribution in [1.82, 2.24) is 9.97 Å². The highest BCUT2D eigenvalue weighted by Gasteiger charge is 2.32. The Kier molecular flexibility index (Phi) is 6.11. The summed E-state index contributed by atoms with van der Waals surface area (Å²) < 4.78 is 0. The average molecular weight is 582 g/mol. The van der Waals surface area contributed by atoms with Crippen LogP contribution in [0, 0.1) is 11.3 Å². The van der Waals surface area contributed by atoms with Crippen LogP contribution in [0.4, 0.5) is 0 Å². The van der Waals surface area contributed by atoms with Crippen LogP contribution < -0.4 is 0 Å². The van der Waals surface area contributed by atoms with Gasteiger partial charge < -0.3 is 0 Å². The van der Waals surface area contributed by atoms with Gasteiger partial charge in [-0.1, -0.05) is 92.3 Å². The van der Waals surface area contributed by atoms with Crippen LogP contribution in [0.3, 0.4) is 0 Å². The molecule has 8 rings (SSSR count). The van der Waals surface area contributed by atoms with Gasteiger partial charge in [0.1, 0.15) is 0 Å². The fraction of sp³-hybridized carbons (Fsp3) is 0.0750. The van der Waals surface area contributed by atoms with Crippen LogP contribution in [0.1, 0.15) is 30.5 Å². The second-order valence-corrected chi connectivity index (χ2v) is 12.9. The summed E-state index contributed by atoms with van der Waals surface area (Å²) in [5.41, 5.74) is 11.3. The summed E-state index contributed by atoms with van der Waals surface area (Å²) >= 11 is 1.85. The first-order valence-electron chi connectivity index (χ1n) is 14.7. The summed E-state index contributed by atoms with van der Waals surface area (Å²) in [5.74, 6) is 0. The molecule has 0 spiro atoms. The summed E-state index contributed by atoms with van der Waals surface area (Å²) in [5, 5.41) is 11.8. The topological polar surface area (TPSA) is 49.6 Å². The molecule has 0 saturated heterocycles. The standard InChI is InChI=1S/C40H27N3S/c1-40(2)33-10-3-4-11-36(33)44-37-23-29(14-16-34(37)40)31-20-30(28-8-5-7-25(19-28)24-41)21-32(22-31)35-17-15-27-13-12-26-9-6-18-42-38(26)39(27)43-35/h3-23H,1-2H3. The van der Waals surface area contributed by atoms with Gasteiger partial charge in [0.05, 0.1) is 28.4 Å². The second kappa shape index (κ2) is 10.2. The third kappa shape index (κ3) is 4.37. The molecule has 1 aliphatic heterocycles. The summed E-state index contributed by atoms with van der Waals surface area (Å²) in [7, 11) is 0. The minimum Gasteiger partial charge on any atom is -0.254 e. The van der Waals surface area contributed by atoms with Crippen molar-refractivity contribution in [2.24, 2.45) is 0 Å². The Morgan fingerprint density at radius 2 is 1.32 bits per heavy atom. The van der Waals surface area contributed by atoms with Crippen LogP contribution in [0.2, 0.25) is 0 Å². The van der Waals surface area contributed by atoms with Gasteiger partial charge in [-0.25, -0.2) is 4.98 Å². The lowest BCUT2D eigenvalue weighted by molar-refractivity contribution is 0.607. The van der Waals surface area contributed by atoms with Gasteiger partial charge in [-0.15, -0.1) is 0 Å². The Balaban J connectivity index is 1.32. The Bertz CT molecular complexity index is 2310. The molecular weight excluding hydrogens is 555 g/mol. The van der Waals surface area contributed by atoms with E-state index in [2.05, 4.69) is 122 Å².